The zero-order valence-corrected chi connectivity index (χ0v) is 14.1. The zero-order chi connectivity index (χ0) is 16.3. The molecule has 3 nitrogen and oxygen atoms in total. The Kier molecular flexibility index (Phi) is 5.10. The van der Waals surface area contributed by atoms with E-state index < -0.39 is 8.69 Å². The maximum Gasteiger partial charge on any atom is 0.395 e. The number of aryl methyl sites for hydroxylation is 3. The Balaban J connectivity index is 2.44. The summed E-state index contributed by atoms with van der Waals surface area (Å²) in [5.74, 6) is 0.161. The summed E-state index contributed by atoms with van der Waals surface area (Å²) in [5, 5.41) is 0. The summed E-state index contributed by atoms with van der Waals surface area (Å²) in [6.45, 7) is 7.79. The lowest BCUT2D eigenvalue weighted by Gasteiger charge is -2.17. The van der Waals surface area contributed by atoms with Gasteiger partial charge in [0.05, 0.1) is 0 Å². The van der Waals surface area contributed by atoms with Gasteiger partial charge in [-0.2, -0.15) is 0 Å². The minimum atomic E-state index is -0.421. The highest BCUT2D eigenvalue weighted by molar-refractivity contribution is 7.17. The monoisotopic (exact) mass is 314 g/mol. The van der Waals surface area contributed by atoms with Crippen LogP contribution in [-0.2, 0) is 4.57 Å². The first-order valence-electron chi connectivity index (χ1n) is 7.16. The normalized spacial score (nSPS) is 12.2. The molecule has 0 aromatic heterocycles. The van der Waals surface area contributed by atoms with Crippen LogP contribution in [0.15, 0.2) is 36.4 Å². The third-order valence-corrected chi connectivity index (χ3v) is 4.11. The Labute approximate surface area is 132 Å². The van der Waals surface area contributed by atoms with E-state index in [2.05, 4.69) is 0 Å². The molecule has 0 saturated heterocycles. The second-order valence-electron chi connectivity index (χ2n) is 5.56. The van der Waals surface area contributed by atoms with Gasteiger partial charge in [0.15, 0.2) is 5.78 Å². The van der Waals surface area contributed by atoms with Gasteiger partial charge in [-0.3, -0.25) is 4.79 Å². The number of carbonyl (C=O) groups excluding carboxylic acids is 1. The largest absolute Gasteiger partial charge is 0.407 e. The van der Waals surface area contributed by atoms with Crippen LogP contribution < -0.4 is 4.52 Å². The van der Waals surface area contributed by atoms with Gasteiger partial charge >= 0.3 is 8.69 Å². The highest BCUT2D eigenvalue weighted by Gasteiger charge is 2.23. The molecule has 0 aliphatic carbocycles. The van der Waals surface area contributed by atoms with Gasteiger partial charge in [0.1, 0.15) is 5.75 Å². The number of Topliss-reactive ketones (excluding diaryl/α,β-unsaturated/α-hetero) is 1. The molecule has 114 valence electrons. The minimum absolute atomic E-state index is 0.0496. The van der Waals surface area contributed by atoms with Crippen molar-refractivity contribution in [3.63, 3.8) is 0 Å². The lowest BCUT2D eigenvalue weighted by Crippen LogP contribution is -2.13. The second-order valence-corrected chi connectivity index (χ2v) is 5.89. The van der Waals surface area contributed by atoms with Gasteiger partial charge in [0.2, 0.25) is 0 Å². The number of benzene rings is 2. The summed E-state index contributed by atoms with van der Waals surface area (Å²) in [6, 6.07) is 11.2. The van der Waals surface area contributed by atoms with E-state index in [1.165, 1.54) is 0 Å². The van der Waals surface area contributed by atoms with Gasteiger partial charge in [-0.15, -0.1) is 0 Å². The van der Waals surface area contributed by atoms with Crippen LogP contribution in [0, 0.1) is 20.8 Å². The molecule has 0 radical (unpaired) electrons. The summed E-state index contributed by atoms with van der Waals surface area (Å²) >= 11 is 0. The zero-order valence-electron chi connectivity index (χ0n) is 13.2. The Morgan fingerprint density at radius 2 is 1.68 bits per heavy atom. The predicted molar refractivity (Wildman–Crippen MR) is 88.1 cm³/mol. The van der Waals surface area contributed by atoms with E-state index in [9.17, 15) is 9.36 Å². The van der Waals surface area contributed by atoms with E-state index in [0.717, 1.165) is 27.8 Å². The smallest absolute Gasteiger partial charge is 0.395 e. The summed E-state index contributed by atoms with van der Waals surface area (Å²) in [7, 11) is -0.421. The molecule has 0 aliphatic heterocycles. The van der Waals surface area contributed by atoms with Gasteiger partial charge in [-0.25, -0.2) is 4.57 Å². The van der Waals surface area contributed by atoms with Crippen molar-refractivity contribution < 1.29 is 13.9 Å². The molecule has 1 atom stereocenters. The van der Waals surface area contributed by atoms with Crippen molar-refractivity contribution in [3.8, 4) is 5.75 Å². The first-order chi connectivity index (χ1) is 10.5. The molecule has 0 bridgehead atoms. The molecule has 1 unspecified atom stereocenters. The molecule has 4 heteroatoms. The lowest BCUT2D eigenvalue weighted by molar-refractivity contribution is 0.0964. The Hall–Kier alpha value is -1.99. The number of hydrogen-bond acceptors (Lipinski definition) is 3. The summed E-state index contributed by atoms with van der Waals surface area (Å²) < 4.78 is 15.8. The van der Waals surface area contributed by atoms with Crippen molar-refractivity contribution >= 4 is 14.5 Å². The summed E-state index contributed by atoms with van der Waals surface area (Å²) in [4.78, 5) is 12.9. The maximum absolute atomic E-state index is 12.9. The minimum Gasteiger partial charge on any atom is -0.407 e. The summed E-state index contributed by atoms with van der Waals surface area (Å²) in [5.41, 5.74) is 4.61. The van der Waals surface area contributed by atoms with Crippen LogP contribution in [0.3, 0.4) is 0 Å². The van der Waals surface area contributed by atoms with E-state index >= 15 is 0 Å². The fraction of sp³-hybridized carbons (Fsp3) is 0.278. The number of carbonyl (C=O) groups is 1. The average molecular weight is 314 g/mol. The molecule has 2 aromatic rings. The first-order valence-corrected chi connectivity index (χ1v) is 7.89. The van der Waals surface area contributed by atoms with Crippen LogP contribution >= 0.6 is 8.69 Å². The van der Waals surface area contributed by atoms with Crippen molar-refractivity contribution in [1.29, 1.82) is 0 Å². The fourth-order valence-corrected chi connectivity index (χ4v) is 3.13. The number of ketones is 1. The van der Waals surface area contributed by atoms with Gasteiger partial charge in [-0.1, -0.05) is 42.8 Å². The Morgan fingerprint density at radius 1 is 1.09 bits per heavy atom. The first kappa shape index (κ1) is 16.4. The van der Waals surface area contributed by atoms with Crippen LogP contribution in [0.25, 0.3) is 0 Å². The molecule has 0 amide bonds. The molecule has 2 aromatic carbocycles. The Morgan fingerprint density at radius 3 is 2.27 bits per heavy atom. The third-order valence-electron chi connectivity index (χ3n) is 3.84. The maximum atomic E-state index is 12.9. The summed E-state index contributed by atoms with van der Waals surface area (Å²) in [6.07, 6.45) is 0. The quantitative estimate of drug-likeness (QED) is 0.564. The average Bonchev–Trinajstić information content (AvgIpc) is 2.46. The second kappa shape index (κ2) is 6.85. The molecular formula is C18H19O3P. The van der Waals surface area contributed by atoms with Crippen LogP contribution in [0.2, 0.25) is 0 Å². The van der Waals surface area contributed by atoms with E-state index in [4.69, 9.17) is 4.52 Å². The van der Waals surface area contributed by atoms with Crippen LogP contribution in [0.4, 0.5) is 0 Å². The van der Waals surface area contributed by atoms with Crippen molar-refractivity contribution in [2.24, 2.45) is 0 Å². The lowest BCUT2D eigenvalue weighted by atomic mass is 9.87. The molecular weight excluding hydrogens is 295 g/mol. The SMILES string of the molecule is Cc1cc(C)c(C(=O)C(C)c2ccccc2OP=O)c(C)c1. The van der Waals surface area contributed by atoms with Crippen LogP contribution in [0.1, 0.15) is 45.5 Å². The third kappa shape index (κ3) is 3.26. The van der Waals surface area contributed by atoms with Crippen molar-refractivity contribution in [2.75, 3.05) is 0 Å². The van der Waals surface area contributed by atoms with E-state index in [1.54, 1.807) is 12.1 Å². The molecule has 0 saturated carbocycles. The van der Waals surface area contributed by atoms with Crippen molar-refractivity contribution in [3.05, 3.63) is 64.2 Å². The number of para-hydroxylation sites is 1. The highest BCUT2D eigenvalue weighted by Crippen LogP contribution is 2.32. The molecule has 0 heterocycles. The van der Waals surface area contributed by atoms with E-state index in [1.807, 2.05) is 52.0 Å². The molecule has 0 aliphatic rings. The van der Waals surface area contributed by atoms with E-state index in [-0.39, 0.29) is 11.7 Å². The van der Waals surface area contributed by atoms with Crippen molar-refractivity contribution in [1.82, 2.24) is 0 Å². The molecule has 0 fully saturated rings. The van der Waals surface area contributed by atoms with Crippen LogP contribution in [-0.4, -0.2) is 5.78 Å². The van der Waals surface area contributed by atoms with Gasteiger partial charge in [0, 0.05) is 17.0 Å². The number of rotatable bonds is 5. The molecule has 2 rings (SSSR count). The standard InChI is InChI=1S/C18H19O3P/c1-11-9-12(2)17(13(3)10-11)18(19)14(4)15-7-5-6-8-16(15)21-22-20/h5-10,14H,1-4H3. The number of hydrogen-bond donors (Lipinski definition) is 0. The Bertz CT molecular complexity index is 699. The predicted octanol–water partition coefficient (Wildman–Crippen LogP) is 5.18. The molecule has 22 heavy (non-hydrogen) atoms. The topological polar surface area (TPSA) is 43.4 Å². The highest BCUT2D eigenvalue weighted by atomic mass is 31.1. The van der Waals surface area contributed by atoms with Crippen LogP contribution in [0.5, 0.6) is 5.75 Å². The molecule has 0 spiro atoms. The van der Waals surface area contributed by atoms with Gasteiger partial charge in [-0.05, 0) is 38.0 Å². The fourth-order valence-electron chi connectivity index (χ4n) is 2.89. The van der Waals surface area contributed by atoms with Gasteiger partial charge in [0.25, 0.3) is 0 Å². The van der Waals surface area contributed by atoms with Gasteiger partial charge < -0.3 is 4.52 Å². The van der Waals surface area contributed by atoms with E-state index in [0.29, 0.717) is 5.75 Å². The molecule has 0 N–H and O–H groups in total. The van der Waals surface area contributed by atoms with Crippen molar-refractivity contribution in [2.45, 2.75) is 33.6 Å².